The lowest BCUT2D eigenvalue weighted by atomic mass is 10.2. The summed E-state index contributed by atoms with van der Waals surface area (Å²) in [6.07, 6.45) is 3.74. The van der Waals surface area contributed by atoms with Crippen molar-refractivity contribution in [1.82, 2.24) is 10.2 Å². The van der Waals surface area contributed by atoms with Crippen molar-refractivity contribution in [3.63, 3.8) is 0 Å². The molecule has 0 aliphatic rings. The van der Waals surface area contributed by atoms with Crippen molar-refractivity contribution in [3.05, 3.63) is 66.1 Å². The first-order valence-electron chi connectivity index (χ1n) is 6.56. The number of hydrogen-bond donors (Lipinski definition) is 0. The molecule has 0 fully saturated rings. The van der Waals surface area contributed by atoms with Crippen LogP contribution in [0.5, 0.6) is 5.75 Å². The molecule has 0 bridgehead atoms. The lowest BCUT2D eigenvalue weighted by Gasteiger charge is -1.98. The van der Waals surface area contributed by atoms with Gasteiger partial charge < -0.3 is 9.15 Å². The Morgan fingerprint density at radius 2 is 1.67 bits per heavy atom. The van der Waals surface area contributed by atoms with Gasteiger partial charge in [0.2, 0.25) is 11.8 Å². The van der Waals surface area contributed by atoms with Gasteiger partial charge in [-0.3, -0.25) is 0 Å². The molecule has 2 aromatic carbocycles. The summed E-state index contributed by atoms with van der Waals surface area (Å²) >= 11 is 0. The maximum atomic E-state index is 5.62. The van der Waals surface area contributed by atoms with E-state index in [1.807, 2.05) is 60.7 Å². The van der Waals surface area contributed by atoms with Crippen molar-refractivity contribution in [2.24, 2.45) is 0 Å². The fourth-order valence-corrected chi connectivity index (χ4v) is 1.88. The van der Waals surface area contributed by atoms with Crippen LogP contribution in [-0.2, 0) is 0 Å². The van der Waals surface area contributed by atoms with Gasteiger partial charge >= 0.3 is 0 Å². The molecule has 104 valence electrons. The zero-order valence-electron chi connectivity index (χ0n) is 11.6. The molecule has 3 aromatic rings. The highest BCUT2D eigenvalue weighted by Crippen LogP contribution is 2.21. The van der Waals surface area contributed by atoms with Gasteiger partial charge in [-0.25, -0.2) is 0 Å². The minimum absolute atomic E-state index is 0.477. The smallest absolute Gasteiger partial charge is 0.248 e. The standard InChI is InChI=1S/C17H14N2O2/c1-20-15-10-8-14(9-11-15)17-19-18-16(21-17)12-7-13-5-3-2-4-6-13/h2-12H,1H3. The van der Waals surface area contributed by atoms with Crippen molar-refractivity contribution in [1.29, 1.82) is 0 Å². The molecular formula is C17H14N2O2. The summed E-state index contributed by atoms with van der Waals surface area (Å²) in [5.41, 5.74) is 1.95. The average Bonchev–Trinajstić information content (AvgIpc) is 3.03. The van der Waals surface area contributed by atoms with Crippen LogP contribution in [0.2, 0.25) is 0 Å². The molecule has 3 rings (SSSR count). The molecular weight excluding hydrogens is 264 g/mol. The minimum Gasteiger partial charge on any atom is -0.497 e. The molecule has 0 unspecified atom stereocenters. The molecule has 0 saturated heterocycles. The molecule has 0 aliphatic carbocycles. The Kier molecular flexibility index (Phi) is 3.78. The number of benzene rings is 2. The zero-order valence-corrected chi connectivity index (χ0v) is 11.6. The number of ether oxygens (including phenoxy) is 1. The third kappa shape index (κ3) is 3.17. The topological polar surface area (TPSA) is 48.2 Å². The first kappa shape index (κ1) is 13.1. The summed E-state index contributed by atoms with van der Waals surface area (Å²) in [7, 11) is 1.63. The van der Waals surface area contributed by atoms with Crippen LogP contribution >= 0.6 is 0 Å². The minimum atomic E-state index is 0.477. The first-order chi connectivity index (χ1) is 10.3. The van der Waals surface area contributed by atoms with Crippen LogP contribution in [0.3, 0.4) is 0 Å². The van der Waals surface area contributed by atoms with E-state index in [0.29, 0.717) is 11.8 Å². The SMILES string of the molecule is COc1ccc(-c2nnc(C=Cc3ccccc3)o2)cc1. The monoisotopic (exact) mass is 278 g/mol. The van der Waals surface area contributed by atoms with Crippen LogP contribution in [0, 0.1) is 0 Å². The number of nitrogens with zero attached hydrogens (tertiary/aromatic N) is 2. The Labute approximate surface area is 122 Å². The maximum absolute atomic E-state index is 5.62. The third-order valence-corrected chi connectivity index (χ3v) is 3.00. The summed E-state index contributed by atoms with van der Waals surface area (Å²) < 4.78 is 10.7. The zero-order chi connectivity index (χ0) is 14.5. The Morgan fingerprint density at radius 3 is 2.38 bits per heavy atom. The van der Waals surface area contributed by atoms with Crippen molar-refractivity contribution in [3.8, 4) is 17.2 Å². The van der Waals surface area contributed by atoms with E-state index in [0.717, 1.165) is 16.9 Å². The van der Waals surface area contributed by atoms with E-state index in [4.69, 9.17) is 9.15 Å². The van der Waals surface area contributed by atoms with Gasteiger partial charge in [-0.1, -0.05) is 30.3 Å². The highest BCUT2D eigenvalue weighted by Gasteiger charge is 2.06. The van der Waals surface area contributed by atoms with E-state index in [1.165, 1.54) is 0 Å². The molecule has 0 radical (unpaired) electrons. The molecule has 0 N–H and O–H groups in total. The van der Waals surface area contributed by atoms with E-state index in [9.17, 15) is 0 Å². The van der Waals surface area contributed by atoms with Gasteiger partial charge in [0.05, 0.1) is 7.11 Å². The van der Waals surface area contributed by atoms with E-state index >= 15 is 0 Å². The molecule has 21 heavy (non-hydrogen) atoms. The van der Waals surface area contributed by atoms with Crippen molar-refractivity contribution in [2.75, 3.05) is 7.11 Å². The quantitative estimate of drug-likeness (QED) is 0.725. The number of hydrogen-bond acceptors (Lipinski definition) is 4. The van der Waals surface area contributed by atoms with Gasteiger partial charge in [-0.05, 0) is 35.9 Å². The van der Waals surface area contributed by atoms with Crippen LogP contribution in [0.4, 0.5) is 0 Å². The number of aromatic nitrogens is 2. The Balaban J connectivity index is 1.78. The van der Waals surface area contributed by atoms with Gasteiger partial charge in [0.1, 0.15) is 5.75 Å². The van der Waals surface area contributed by atoms with Crippen LogP contribution in [0.15, 0.2) is 59.0 Å². The summed E-state index contributed by atoms with van der Waals surface area (Å²) in [6.45, 7) is 0. The fourth-order valence-electron chi connectivity index (χ4n) is 1.88. The predicted molar refractivity (Wildman–Crippen MR) is 81.7 cm³/mol. The fraction of sp³-hybridized carbons (Fsp3) is 0.0588. The molecule has 0 amide bonds. The Hall–Kier alpha value is -2.88. The predicted octanol–water partition coefficient (Wildman–Crippen LogP) is 3.92. The molecule has 1 aromatic heterocycles. The number of methoxy groups -OCH3 is 1. The highest BCUT2D eigenvalue weighted by molar-refractivity contribution is 5.66. The highest BCUT2D eigenvalue weighted by atomic mass is 16.5. The van der Waals surface area contributed by atoms with Crippen LogP contribution in [0.1, 0.15) is 11.5 Å². The van der Waals surface area contributed by atoms with Crippen molar-refractivity contribution in [2.45, 2.75) is 0 Å². The molecule has 0 aliphatic heterocycles. The van der Waals surface area contributed by atoms with Crippen LogP contribution in [0.25, 0.3) is 23.6 Å². The number of rotatable bonds is 4. The third-order valence-electron chi connectivity index (χ3n) is 3.00. The lowest BCUT2D eigenvalue weighted by molar-refractivity contribution is 0.415. The summed E-state index contributed by atoms with van der Waals surface area (Å²) in [5, 5.41) is 8.06. The summed E-state index contributed by atoms with van der Waals surface area (Å²) in [5.74, 6) is 1.76. The van der Waals surface area contributed by atoms with Gasteiger partial charge in [0.15, 0.2) is 0 Å². The lowest BCUT2D eigenvalue weighted by Crippen LogP contribution is -1.82. The van der Waals surface area contributed by atoms with Crippen LogP contribution < -0.4 is 4.74 Å². The summed E-state index contributed by atoms with van der Waals surface area (Å²) in [6, 6.07) is 17.5. The maximum Gasteiger partial charge on any atom is 0.248 e. The molecule has 0 atom stereocenters. The largest absolute Gasteiger partial charge is 0.497 e. The first-order valence-corrected chi connectivity index (χ1v) is 6.56. The van der Waals surface area contributed by atoms with E-state index in [2.05, 4.69) is 10.2 Å². The van der Waals surface area contributed by atoms with E-state index < -0.39 is 0 Å². The van der Waals surface area contributed by atoms with Crippen molar-refractivity contribution >= 4 is 12.2 Å². The van der Waals surface area contributed by atoms with Gasteiger partial charge in [-0.15, -0.1) is 10.2 Å². The second-order valence-electron chi connectivity index (χ2n) is 4.42. The normalized spacial score (nSPS) is 10.9. The van der Waals surface area contributed by atoms with Gasteiger partial charge in [0, 0.05) is 11.6 Å². The Bertz CT molecular complexity index is 731. The van der Waals surface area contributed by atoms with Crippen LogP contribution in [-0.4, -0.2) is 17.3 Å². The molecule has 4 nitrogen and oxygen atoms in total. The summed E-state index contributed by atoms with van der Waals surface area (Å²) in [4.78, 5) is 0. The van der Waals surface area contributed by atoms with Gasteiger partial charge in [0.25, 0.3) is 0 Å². The second kappa shape index (κ2) is 6.05. The van der Waals surface area contributed by atoms with Crippen molar-refractivity contribution < 1.29 is 9.15 Å². The molecule has 4 heteroatoms. The van der Waals surface area contributed by atoms with Gasteiger partial charge in [-0.2, -0.15) is 0 Å². The molecule has 1 heterocycles. The average molecular weight is 278 g/mol. The molecule has 0 spiro atoms. The Morgan fingerprint density at radius 1 is 0.905 bits per heavy atom. The van der Waals surface area contributed by atoms with E-state index in [-0.39, 0.29) is 0 Å². The second-order valence-corrected chi connectivity index (χ2v) is 4.42. The van der Waals surface area contributed by atoms with E-state index in [1.54, 1.807) is 13.2 Å². The molecule has 0 saturated carbocycles.